The van der Waals surface area contributed by atoms with Crippen LogP contribution in [0.3, 0.4) is 0 Å². The first-order chi connectivity index (χ1) is 10.9. The number of sulfonamides is 1. The lowest BCUT2D eigenvalue weighted by Gasteiger charge is -2.24. The number of hydrogen-bond donors (Lipinski definition) is 0. The zero-order valence-electron chi connectivity index (χ0n) is 13.0. The molecule has 1 aromatic heterocycles. The van der Waals surface area contributed by atoms with Gasteiger partial charge in [0.15, 0.2) is 5.82 Å². The number of hydrogen-bond acceptors (Lipinski definition) is 5. The Labute approximate surface area is 135 Å². The zero-order chi connectivity index (χ0) is 16.6. The van der Waals surface area contributed by atoms with Crippen molar-refractivity contribution in [3.05, 3.63) is 41.5 Å². The van der Waals surface area contributed by atoms with E-state index in [2.05, 4.69) is 10.2 Å². The third-order valence-corrected chi connectivity index (χ3v) is 6.20. The predicted molar refractivity (Wildman–Crippen MR) is 82.8 cm³/mol. The Morgan fingerprint density at radius 1 is 1.39 bits per heavy atom. The van der Waals surface area contributed by atoms with Crippen molar-refractivity contribution < 1.29 is 8.42 Å². The Kier molecular flexibility index (Phi) is 3.92. The normalized spacial score (nSPS) is 18.9. The maximum atomic E-state index is 13.1. The molecule has 23 heavy (non-hydrogen) atoms. The lowest BCUT2D eigenvalue weighted by atomic mass is 10.2. The van der Waals surface area contributed by atoms with Gasteiger partial charge in [-0.25, -0.2) is 8.42 Å². The largest absolute Gasteiger partial charge is 0.319 e. The number of nitriles is 1. The summed E-state index contributed by atoms with van der Waals surface area (Å²) in [5.74, 6) is 0.639. The van der Waals surface area contributed by atoms with Gasteiger partial charge in [0.2, 0.25) is 10.0 Å². The van der Waals surface area contributed by atoms with E-state index in [0.717, 1.165) is 6.42 Å². The van der Waals surface area contributed by atoms with Crippen LogP contribution in [0.25, 0.3) is 0 Å². The van der Waals surface area contributed by atoms with Crippen molar-refractivity contribution in [3.63, 3.8) is 0 Å². The molecule has 0 saturated carbocycles. The van der Waals surface area contributed by atoms with Crippen LogP contribution in [0, 0.1) is 18.3 Å². The van der Waals surface area contributed by atoms with E-state index in [-0.39, 0.29) is 10.9 Å². The van der Waals surface area contributed by atoms with E-state index in [1.165, 1.54) is 10.4 Å². The van der Waals surface area contributed by atoms with E-state index in [1.807, 2.05) is 6.07 Å². The monoisotopic (exact) mass is 331 g/mol. The molecular weight excluding hydrogens is 314 g/mol. The quantitative estimate of drug-likeness (QED) is 0.850. The van der Waals surface area contributed by atoms with Crippen LogP contribution in [-0.4, -0.2) is 34.0 Å². The molecule has 1 aliphatic rings. The highest BCUT2D eigenvalue weighted by atomic mass is 32.2. The lowest BCUT2D eigenvalue weighted by molar-refractivity contribution is 0.376. The molecule has 2 heterocycles. The third kappa shape index (κ3) is 2.62. The second-order valence-corrected chi connectivity index (χ2v) is 7.52. The zero-order valence-corrected chi connectivity index (χ0v) is 13.8. The van der Waals surface area contributed by atoms with Gasteiger partial charge in [0.1, 0.15) is 6.33 Å². The molecule has 0 spiro atoms. The van der Waals surface area contributed by atoms with E-state index in [4.69, 9.17) is 5.26 Å². The van der Waals surface area contributed by atoms with Crippen molar-refractivity contribution in [2.45, 2.75) is 30.7 Å². The van der Waals surface area contributed by atoms with Crippen LogP contribution in [0.15, 0.2) is 29.4 Å². The molecule has 1 saturated heterocycles. The molecule has 1 unspecified atom stereocenters. The van der Waals surface area contributed by atoms with Gasteiger partial charge in [-0.3, -0.25) is 0 Å². The Morgan fingerprint density at radius 3 is 2.83 bits per heavy atom. The highest BCUT2D eigenvalue weighted by molar-refractivity contribution is 7.89. The molecule has 1 atom stereocenters. The number of rotatable bonds is 3. The summed E-state index contributed by atoms with van der Waals surface area (Å²) in [5.41, 5.74) is 0.969. The number of aryl methyl sites for hydroxylation is 2. The van der Waals surface area contributed by atoms with E-state index in [9.17, 15) is 8.42 Å². The molecule has 3 rings (SSSR count). The Hall–Kier alpha value is -2.24. The molecule has 7 nitrogen and oxygen atoms in total. The minimum atomic E-state index is -3.69. The average Bonchev–Trinajstić information content (AvgIpc) is 3.16. The molecule has 0 N–H and O–H groups in total. The van der Waals surface area contributed by atoms with Crippen molar-refractivity contribution >= 4 is 10.0 Å². The van der Waals surface area contributed by atoms with Crippen LogP contribution in [0.2, 0.25) is 0 Å². The van der Waals surface area contributed by atoms with Crippen molar-refractivity contribution in [3.8, 4) is 6.07 Å². The summed E-state index contributed by atoms with van der Waals surface area (Å²) in [6.07, 6.45) is 3.05. The third-order valence-electron chi connectivity index (χ3n) is 4.15. The SMILES string of the molecule is Cc1ccc(C#N)cc1S(=O)(=O)N1CCCC1c1nncn1C. The van der Waals surface area contributed by atoms with Gasteiger partial charge in [-0.05, 0) is 37.5 Å². The molecule has 0 radical (unpaired) electrons. The summed E-state index contributed by atoms with van der Waals surface area (Å²) >= 11 is 0. The van der Waals surface area contributed by atoms with Crippen LogP contribution in [0.1, 0.15) is 35.8 Å². The molecule has 120 valence electrons. The van der Waals surface area contributed by atoms with E-state index < -0.39 is 10.0 Å². The fourth-order valence-corrected chi connectivity index (χ4v) is 4.86. The number of benzene rings is 1. The van der Waals surface area contributed by atoms with Crippen LogP contribution in [0.5, 0.6) is 0 Å². The van der Waals surface area contributed by atoms with E-state index >= 15 is 0 Å². The summed E-state index contributed by atoms with van der Waals surface area (Å²) < 4.78 is 29.4. The molecule has 2 aromatic rings. The standard InChI is InChI=1S/C15H17N5O2S/c1-11-5-6-12(9-16)8-14(11)23(21,22)20-7-3-4-13(20)15-18-17-10-19(15)2/h5-6,8,10,13H,3-4,7H2,1-2H3. The van der Waals surface area contributed by atoms with Gasteiger partial charge in [-0.1, -0.05) is 6.07 Å². The summed E-state index contributed by atoms with van der Waals surface area (Å²) in [6, 6.07) is 6.40. The molecule has 1 aliphatic heterocycles. The van der Waals surface area contributed by atoms with Crippen LogP contribution < -0.4 is 0 Å². The summed E-state index contributed by atoms with van der Waals surface area (Å²) in [5, 5.41) is 17.0. The maximum Gasteiger partial charge on any atom is 0.244 e. The molecular formula is C15H17N5O2S. The summed E-state index contributed by atoms with van der Waals surface area (Å²) in [7, 11) is -1.89. The fraction of sp³-hybridized carbons (Fsp3) is 0.400. The minimum Gasteiger partial charge on any atom is -0.319 e. The van der Waals surface area contributed by atoms with Crippen LogP contribution >= 0.6 is 0 Å². The number of aromatic nitrogens is 3. The first-order valence-corrected chi connectivity index (χ1v) is 8.75. The highest BCUT2D eigenvalue weighted by Crippen LogP contribution is 2.36. The van der Waals surface area contributed by atoms with Gasteiger partial charge in [-0.2, -0.15) is 9.57 Å². The van der Waals surface area contributed by atoms with Crippen molar-refractivity contribution in [2.75, 3.05) is 6.54 Å². The molecule has 8 heteroatoms. The second-order valence-electron chi connectivity index (χ2n) is 5.67. The first kappa shape index (κ1) is 15.6. The van der Waals surface area contributed by atoms with Gasteiger partial charge in [0.05, 0.1) is 22.6 Å². The Balaban J connectivity index is 2.06. The minimum absolute atomic E-state index is 0.186. The molecule has 0 bridgehead atoms. The summed E-state index contributed by atoms with van der Waals surface area (Å²) in [4.78, 5) is 0.186. The maximum absolute atomic E-state index is 13.1. The van der Waals surface area contributed by atoms with E-state index in [1.54, 1.807) is 37.0 Å². The molecule has 0 aliphatic carbocycles. The molecule has 1 fully saturated rings. The van der Waals surface area contributed by atoms with Gasteiger partial charge in [0.25, 0.3) is 0 Å². The Bertz CT molecular complexity index is 882. The summed E-state index contributed by atoms with van der Waals surface area (Å²) in [6.45, 7) is 2.18. The van der Waals surface area contributed by atoms with Gasteiger partial charge < -0.3 is 4.57 Å². The van der Waals surface area contributed by atoms with E-state index in [0.29, 0.717) is 29.9 Å². The first-order valence-electron chi connectivity index (χ1n) is 7.31. The average molecular weight is 331 g/mol. The topological polar surface area (TPSA) is 91.9 Å². The lowest BCUT2D eigenvalue weighted by Crippen LogP contribution is -2.32. The van der Waals surface area contributed by atoms with Crippen molar-refractivity contribution in [1.82, 2.24) is 19.1 Å². The number of nitrogens with zero attached hydrogens (tertiary/aromatic N) is 5. The predicted octanol–water partition coefficient (Wildman–Crippen LogP) is 1.52. The Morgan fingerprint density at radius 2 is 2.17 bits per heavy atom. The molecule has 1 aromatic carbocycles. The highest BCUT2D eigenvalue weighted by Gasteiger charge is 2.39. The van der Waals surface area contributed by atoms with Crippen molar-refractivity contribution in [2.24, 2.45) is 7.05 Å². The van der Waals surface area contributed by atoms with Crippen LogP contribution in [-0.2, 0) is 17.1 Å². The van der Waals surface area contributed by atoms with Crippen LogP contribution in [0.4, 0.5) is 0 Å². The van der Waals surface area contributed by atoms with Gasteiger partial charge >= 0.3 is 0 Å². The second kappa shape index (κ2) is 5.76. The fourth-order valence-electron chi connectivity index (χ4n) is 2.95. The smallest absolute Gasteiger partial charge is 0.244 e. The van der Waals surface area contributed by atoms with Crippen molar-refractivity contribution in [1.29, 1.82) is 5.26 Å². The van der Waals surface area contributed by atoms with Gasteiger partial charge in [0, 0.05) is 13.6 Å². The molecule has 0 amide bonds. The van der Waals surface area contributed by atoms with Gasteiger partial charge in [-0.15, -0.1) is 10.2 Å².